The Hall–Kier alpha value is -1.24. The zero-order valence-corrected chi connectivity index (χ0v) is 9.20. The molecule has 15 heavy (non-hydrogen) atoms. The molecule has 82 valence electrons. The van der Waals surface area contributed by atoms with Crippen LogP contribution in [-0.2, 0) is 18.7 Å². The van der Waals surface area contributed by atoms with E-state index in [1.54, 1.807) is 0 Å². The molecule has 0 saturated heterocycles. The van der Waals surface area contributed by atoms with Gasteiger partial charge in [-0.25, -0.2) is 0 Å². The van der Waals surface area contributed by atoms with Crippen LogP contribution in [0.3, 0.4) is 0 Å². The highest BCUT2D eigenvalue weighted by atomic mass is 32.2. The number of aryl methyl sites for hydroxylation is 1. The highest BCUT2D eigenvalue weighted by molar-refractivity contribution is 8.13. The number of hydrogen-bond acceptors (Lipinski definition) is 5. The van der Waals surface area contributed by atoms with Crippen molar-refractivity contribution < 1.29 is 0 Å². The molecular weight excluding hydrogens is 212 g/mol. The summed E-state index contributed by atoms with van der Waals surface area (Å²) >= 11 is 1.39. The first kappa shape index (κ1) is 10.3. The van der Waals surface area contributed by atoms with Crippen molar-refractivity contribution >= 4 is 16.9 Å². The molecule has 1 aromatic heterocycles. The van der Waals surface area contributed by atoms with Crippen LogP contribution in [0.15, 0.2) is 5.10 Å². The number of rotatable bonds is 2. The molecule has 2 rings (SSSR count). The van der Waals surface area contributed by atoms with E-state index in [4.69, 9.17) is 11.6 Å². The standard InChI is InChI=1S/C8H14N6S/c9-8(11-10)15-5-7-13-12-6-3-1-2-4-14(6)7/h1-5,10H2,(H2,9,11). The molecule has 0 saturated carbocycles. The first-order chi connectivity index (χ1) is 7.31. The molecule has 0 radical (unpaired) electrons. The molecule has 0 amide bonds. The Morgan fingerprint density at radius 3 is 3.13 bits per heavy atom. The Bertz CT molecular complexity index is 371. The molecule has 1 aliphatic rings. The normalized spacial score (nSPS) is 16.4. The highest BCUT2D eigenvalue weighted by Crippen LogP contribution is 2.17. The van der Waals surface area contributed by atoms with Crippen LogP contribution in [-0.4, -0.2) is 19.9 Å². The minimum atomic E-state index is 0.378. The van der Waals surface area contributed by atoms with Crippen molar-refractivity contribution in [2.24, 2.45) is 16.7 Å². The quantitative estimate of drug-likeness (QED) is 0.321. The minimum Gasteiger partial charge on any atom is -0.377 e. The van der Waals surface area contributed by atoms with Crippen molar-refractivity contribution in [1.29, 1.82) is 0 Å². The molecule has 0 unspecified atom stereocenters. The van der Waals surface area contributed by atoms with E-state index in [0.717, 1.165) is 24.6 Å². The lowest BCUT2D eigenvalue weighted by atomic mass is 10.2. The zero-order valence-electron chi connectivity index (χ0n) is 8.39. The second kappa shape index (κ2) is 4.52. The SMILES string of the molecule is NN=C(N)SCc1nnc2n1CCCC2. The van der Waals surface area contributed by atoms with E-state index in [1.165, 1.54) is 24.6 Å². The number of aromatic nitrogens is 3. The Morgan fingerprint density at radius 2 is 2.33 bits per heavy atom. The molecule has 1 aromatic rings. The van der Waals surface area contributed by atoms with Crippen molar-refractivity contribution in [2.75, 3.05) is 0 Å². The number of fused-ring (bicyclic) bond motifs is 1. The van der Waals surface area contributed by atoms with E-state index in [0.29, 0.717) is 10.9 Å². The van der Waals surface area contributed by atoms with Gasteiger partial charge < -0.3 is 16.1 Å². The van der Waals surface area contributed by atoms with Gasteiger partial charge in [0.1, 0.15) is 11.6 Å². The van der Waals surface area contributed by atoms with Gasteiger partial charge in [-0.3, -0.25) is 0 Å². The fraction of sp³-hybridized carbons (Fsp3) is 0.625. The number of nitrogens with two attached hydrogens (primary N) is 2. The third-order valence-electron chi connectivity index (χ3n) is 2.41. The van der Waals surface area contributed by atoms with Crippen LogP contribution < -0.4 is 11.6 Å². The molecule has 0 aromatic carbocycles. The van der Waals surface area contributed by atoms with Gasteiger partial charge in [0.2, 0.25) is 0 Å². The predicted molar refractivity (Wildman–Crippen MR) is 60.1 cm³/mol. The van der Waals surface area contributed by atoms with Gasteiger partial charge in [-0.15, -0.1) is 10.2 Å². The van der Waals surface area contributed by atoms with Crippen LogP contribution in [0.4, 0.5) is 0 Å². The minimum absolute atomic E-state index is 0.378. The average molecular weight is 226 g/mol. The van der Waals surface area contributed by atoms with Gasteiger partial charge in [-0.2, -0.15) is 5.10 Å². The van der Waals surface area contributed by atoms with Crippen molar-refractivity contribution in [3.8, 4) is 0 Å². The van der Waals surface area contributed by atoms with E-state index < -0.39 is 0 Å². The summed E-state index contributed by atoms with van der Waals surface area (Å²) in [6.07, 6.45) is 3.43. The highest BCUT2D eigenvalue weighted by Gasteiger charge is 2.15. The lowest BCUT2D eigenvalue weighted by Crippen LogP contribution is -2.14. The van der Waals surface area contributed by atoms with Gasteiger partial charge in [-0.1, -0.05) is 11.8 Å². The Labute approximate surface area is 92.1 Å². The summed E-state index contributed by atoms with van der Waals surface area (Å²) < 4.78 is 2.17. The maximum Gasteiger partial charge on any atom is 0.177 e. The third kappa shape index (κ3) is 2.23. The summed E-state index contributed by atoms with van der Waals surface area (Å²) in [7, 11) is 0. The predicted octanol–water partition coefficient (Wildman–Crippen LogP) is 0.0360. The maximum absolute atomic E-state index is 5.50. The van der Waals surface area contributed by atoms with Crippen LogP contribution in [0, 0.1) is 0 Å². The maximum atomic E-state index is 5.50. The molecule has 0 atom stereocenters. The largest absolute Gasteiger partial charge is 0.377 e. The lowest BCUT2D eigenvalue weighted by molar-refractivity contribution is 0.513. The molecule has 0 aliphatic carbocycles. The third-order valence-corrected chi connectivity index (χ3v) is 3.22. The number of nitrogens with zero attached hydrogens (tertiary/aromatic N) is 4. The Balaban J connectivity index is 2.05. The molecule has 1 aliphatic heterocycles. The smallest absolute Gasteiger partial charge is 0.177 e. The van der Waals surface area contributed by atoms with Crippen molar-refractivity contribution in [3.63, 3.8) is 0 Å². The van der Waals surface area contributed by atoms with Gasteiger partial charge in [-0.05, 0) is 12.8 Å². The van der Waals surface area contributed by atoms with Gasteiger partial charge in [0, 0.05) is 13.0 Å². The fourth-order valence-electron chi connectivity index (χ4n) is 1.65. The summed E-state index contributed by atoms with van der Waals surface area (Å²) in [5.41, 5.74) is 5.50. The first-order valence-electron chi connectivity index (χ1n) is 4.88. The molecule has 4 N–H and O–H groups in total. The fourth-order valence-corrected chi connectivity index (χ4v) is 2.22. The Kier molecular flexibility index (Phi) is 3.10. The monoisotopic (exact) mass is 226 g/mol. The van der Waals surface area contributed by atoms with Gasteiger partial charge >= 0.3 is 0 Å². The van der Waals surface area contributed by atoms with Crippen LogP contribution in [0.25, 0.3) is 0 Å². The average Bonchev–Trinajstić information content (AvgIpc) is 2.69. The summed E-state index contributed by atoms with van der Waals surface area (Å²) in [6.45, 7) is 1.01. The molecule has 0 fully saturated rings. The van der Waals surface area contributed by atoms with Crippen LogP contribution in [0.1, 0.15) is 24.5 Å². The topological polar surface area (TPSA) is 95.1 Å². The van der Waals surface area contributed by atoms with Crippen LogP contribution in [0.5, 0.6) is 0 Å². The molecule has 6 nitrogen and oxygen atoms in total. The van der Waals surface area contributed by atoms with Crippen LogP contribution in [0.2, 0.25) is 0 Å². The van der Waals surface area contributed by atoms with Gasteiger partial charge in [0.05, 0.1) is 5.75 Å². The Morgan fingerprint density at radius 1 is 1.47 bits per heavy atom. The first-order valence-corrected chi connectivity index (χ1v) is 5.87. The van der Waals surface area contributed by atoms with Crippen LogP contribution >= 0.6 is 11.8 Å². The van der Waals surface area contributed by atoms with Gasteiger partial charge in [0.25, 0.3) is 0 Å². The second-order valence-electron chi connectivity index (χ2n) is 3.40. The van der Waals surface area contributed by atoms with Crippen molar-refractivity contribution in [2.45, 2.75) is 31.6 Å². The number of hydrazone groups is 1. The number of amidine groups is 1. The summed E-state index contributed by atoms with van der Waals surface area (Å²) in [5.74, 6) is 7.77. The van der Waals surface area contributed by atoms with E-state index in [2.05, 4.69) is 19.9 Å². The van der Waals surface area contributed by atoms with Crippen molar-refractivity contribution in [3.05, 3.63) is 11.6 Å². The summed E-state index contributed by atoms with van der Waals surface area (Å²) in [4.78, 5) is 0. The molecular formula is C8H14N6S. The molecule has 0 bridgehead atoms. The second-order valence-corrected chi connectivity index (χ2v) is 4.39. The lowest BCUT2D eigenvalue weighted by Gasteiger charge is -2.14. The zero-order chi connectivity index (χ0) is 10.7. The molecule has 7 heteroatoms. The van der Waals surface area contributed by atoms with Gasteiger partial charge in [0.15, 0.2) is 5.17 Å². The van der Waals surface area contributed by atoms with Crippen molar-refractivity contribution in [1.82, 2.24) is 14.8 Å². The summed E-state index contributed by atoms with van der Waals surface area (Å²) in [5, 5.41) is 12.1. The number of hydrogen-bond donors (Lipinski definition) is 2. The van der Waals surface area contributed by atoms with E-state index in [1.807, 2.05) is 0 Å². The van der Waals surface area contributed by atoms with E-state index >= 15 is 0 Å². The molecule has 2 heterocycles. The number of thioether (sulfide) groups is 1. The van der Waals surface area contributed by atoms with E-state index in [9.17, 15) is 0 Å². The summed E-state index contributed by atoms with van der Waals surface area (Å²) in [6, 6.07) is 0. The van der Waals surface area contributed by atoms with E-state index in [-0.39, 0.29) is 0 Å². The molecule has 0 spiro atoms.